The maximum Gasteiger partial charge on any atom is 0.338 e. The molecule has 21 heavy (non-hydrogen) atoms. The van der Waals surface area contributed by atoms with Crippen molar-refractivity contribution < 1.29 is 19.1 Å². The lowest BCUT2D eigenvalue weighted by atomic mass is 10.0. The van der Waals surface area contributed by atoms with Gasteiger partial charge in [0.05, 0.1) is 5.56 Å². The number of hydrogen-bond donors (Lipinski definition) is 2. The quantitative estimate of drug-likeness (QED) is 0.856. The van der Waals surface area contributed by atoms with Gasteiger partial charge in [-0.15, -0.1) is 0 Å². The highest BCUT2D eigenvalue weighted by Crippen LogP contribution is 2.10. The molecule has 0 aliphatic carbocycles. The topological polar surface area (TPSA) is 79.5 Å². The van der Waals surface area contributed by atoms with Crippen LogP contribution in [0.2, 0.25) is 0 Å². The fourth-order valence-corrected chi connectivity index (χ4v) is 2.02. The first kappa shape index (κ1) is 14.8. The Hall–Kier alpha value is -2.56. The predicted octanol–water partition coefficient (Wildman–Crippen LogP) is 2.73. The van der Waals surface area contributed by atoms with Gasteiger partial charge in [-0.05, 0) is 18.4 Å². The minimum atomic E-state index is -1.12. The molecule has 0 saturated heterocycles. The molecule has 1 aromatic heterocycles. The molecule has 2 N–H and O–H groups in total. The van der Waals surface area contributed by atoms with Crippen LogP contribution in [0.3, 0.4) is 0 Å². The number of benzene rings is 1. The van der Waals surface area contributed by atoms with Crippen LogP contribution in [-0.2, 0) is 6.42 Å². The number of furan rings is 1. The van der Waals surface area contributed by atoms with Crippen LogP contribution in [-0.4, -0.2) is 23.0 Å². The fourth-order valence-electron chi connectivity index (χ4n) is 2.02. The number of carbonyl (C=O) groups is 2. The lowest BCUT2D eigenvalue weighted by Gasteiger charge is -2.16. The van der Waals surface area contributed by atoms with Crippen molar-refractivity contribution >= 4 is 11.9 Å². The van der Waals surface area contributed by atoms with Crippen LogP contribution >= 0.6 is 0 Å². The van der Waals surface area contributed by atoms with Gasteiger partial charge >= 0.3 is 5.97 Å². The van der Waals surface area contributed by atoms with Gasteiger partial charge in [0.15, 0.2) is 5.76 Å². The van der Waals surface area contributed by atoms with Crippen molar-refractivity contribution in [2.75, 3.05) is 0 Å². The first-order chi connectivity index (χ1) is 10.1. The van der Waals surface area contributed by atoms with E-state index in [0.717, 1.165) is 24.7 Å². The zero-order valence-corrected chi connectivity index (χ0v) is 11.7. The summed E-state index contributed by atoms with van der Waals surface area (Å²) in [6, 6.07) is 11.1. The van der Waals surface area contributed by atoms with Gasteiger partial charge in [0.1, 0.15) is 6.26 Å². The average Bonchev–Trinajstić information content (AvgIpc) is 2.97. The summed E-state index contributed by atoms with van der Waals surface area (Å²) in [5, 5.41) is 11.7. The lowest BCUT2D eigenvalue weighted by molar-refractivity contribution is 0.0695. The molecule has 0 saturated carbocycles. The number of aromatic carboxylic acids is 1. The van der Waals surface area contributed by atoms with Gasteiger partial charge in [0.2, 0.25) is 0 Å². The highest BCUT2D eigenvalue weighted by Gasteiger charge is 2.17. The normalized spacial score (nSPS) is 11.9. The van der Waals surface area contributed by atoms with Crippen molar-refractivity contribution in [3.05, 3.63) is 59.5 Å². The second-order valence-electron chi connectivity index (χ2n) is 4.77. The molecular formula is C16H17NO4. The molecule has 2 aromatic rings. The molecule has 0 aliphatic rings. The number of carbonyl (C=O) groups excluding carboxylic acids is 1. The number of carboxylic acids is 1. The van der Waals surface area contributed by atoms with Crippen molar-refractivity contribution in [1.82, 2.24) is 5.32 Å². The number of hydrogen-bond acceptors (Lipinski definition) is 3. The van der Waals surface area contributed by atoms with Crippen LogP contribution in [0.15, 0.2) is 47.1 Å². The molecule has 0 spiro atoms. The third-order valence-corrected chi connectivity index (χ3v) is 3.22. The van der Waals surface area contributed by atoms with Crippen LogP contribution in [0, 0.1) is 0 Å². The van der Waals surface area contributed by atoms with E-state index in [1.165, 1.54) is 6.07 Å². The maximum absolute atomic E-state index is 12.0. The molecular weight excluding hydrogens is 270 g/mol. The molecule has 1 amide bonds. The van der Waals surface area contributed by atoms with Crippen molar-refractivity contribution in [3.8, 4) is 0 Å². The first-order valence-electron chi connectivity index (χ1n) is 6.76. The molecule has 110 valence electrons. The Morgan fingerprint density at radius 3 is 2.57 bits per heavy atom. The molecule has 0 aliphatic heterocycles. The summed E-state index contributed by atoms with van der Waals surface area (Å²) in [6.07, 6.45) is 2.55. The molecule has 0 fully saturated rings. The Morgan fingerprint density at radius 2 is 2.00 bits per heavy atom. The SMILES string of the molecule is CCC(Cc1ccccc1)NC(=O)c1cc(C(=O)O)co1. The molecule has 1 heterocycles. The van der Waals surface area contributed by atoms with Gasteiger partial charge in [-0.1, -0.05) is 37.3 Å². The van der Waals surface area contributed by atoms with Gasteiger partial charge in [0, 0.05) is 12.1 Å². The minimum Gasteiger partial charge on any atom is -0.478 e. The summed E-state index contributed by atoms with van der Waals surface area (Å²) in [5.41, 5.74) is 1.10. The van der Waals surface area contributed by atoms with E-state index < -0.39 is 11.9 Å². The summed E-state index contributed by atoms with van der Waals surface area (Å²) in [7, 11) is 0. The monoisotopic (exact) mass is 287 g/mol. The molecule has 1 atom stereocenters. The second kappa shape index (κ2) is 6.74. The Morgan fingerprint density at radius 1 is 1.29 bits per heavy atom. The van der Waals surface area contributed by atoms with E-state index in [1.807, 2.05) is 37.3 Å². The highest BCUT2D eigenvalue weighted by molar-refractivity contribution is 5.95. The zero-order valence-electron chi connectivity index (χ0n) is 11.7. The zero-order chi connectivity index (χ0) is 15.2. The van der Waals surface area contributed by atoms with Gasteiger partial charge in [0.25, 0.3) is 5.91 Å². The highest BCUT2D eigenvalue weighted by atomic mass is 16.4. The predicted molar refractivity (Wildman–Crippen MR) is 77.4 cm³/mol. The van der Waals surface area contributed by atoms with Crippen LogP contribution in [0.1, 0.15) is 39.8 Å². The molecule has 2 rings (SSSR count). The van der Waals surface area contributed by atoms with Crippen molar-refractivity contribution in [2.45, 2.75) is 25.8 Å². The van der Waals surface area contributed by atoms with Gasteiger partial charge < -0.3 is 14.8 Å². The molecule has 0 bridgehead atoms. The van der Waals surface area contributed by atoms with Gasteiger partial charge in [-0.25, -0.2) is 4.79 Å². The summed E-state index contributed by atoms with van der Waals surface area (Å²) in [4.78, 5) is 22.8. The summed E-state index contributed by atoms with van der Waals surface area (Å²) in [6.45, 7) is 1.98. The van der Waals surface area contributed by atoms with E-state index in [4.69, 9.17) is 9.52 Å². The Labute approximate surface area is 122 Å². The summed E-state index contributed by atoms with van der Waals surface area (Å²) < 4.78 is 4.99. The lowest BCUT2D eigenvalue weighted by Crippen LogP contribution is -2.35. The van der Waals surface area contributed by atoms with Crippen LogP contribution in [0.5, 0.6) is 0 Å². The van der Waals surface area contributed by atoms with E-state index in [-0.39, 0.29) is 17.4 Å². The number of amides is 1. The van der Waals surface area contributed by atoms with Gasteiger partial charge in [-0.2, -0.15) is 0 Å². The number of carboxylic acid groups (broad SMARTS) is 1. The molecule has 1 unspecified atom stereocenters. The van der Waals surface area contributed by atoms with E-state index >= 15 is 0 Å². The molecule has 1 aromatic carbocycles. The Balaban J connectivity index is 2.00. The van der Waals surface area contributed by atoms with E-state index in [2.05, 4.69) is 5.32 Å². The second-order valence-corrected chi connectivity index (χ2v) is 4.77. The number of rotatable bonds is 6. The van der Waals surface area contributed by atoms with Gasteiger partial charge in [-0.3, -0.25) is 4.79 Å². The van der Waals surface area contributed by atoms with Crippen LogP contribution < -0.4 is 5.32 Å². The molecule has 0 radical (unpaired) electrons. The van der Waals surface area contributed by atoms with E-state index in [9.17, 15) is 9.59 Å². The van der Waals surface area contributed by atoms with E-state index in [1.54, 1.807) is 0 Å². The first-order valence-corrected chi connectivity index (χ1v) is 6.76. The largest absolute Gasteiger partial charge is 0.478 e. The van der Waals surface area contributed by atoms with Crippen molar-refractivity contribution in [2.24, 2.45) is 0 Å². The molecule has 5 heteroatoms. The van der Waals surface area contributed by atoms with Crippen LogP contribution in [0.4, 0.5) is 0 Å². The van der Waals surface area contributed by atoms with Crippen molar-refractivity contribution in [1.29, 1.82) is 0 Å². The number of nitrogens with one attached hydrogen (secondary N) is 1. The van der Waals surface area contributed by atoms with E-state index in [0.29, 0.717) is 0 Å². The fraction of sp³-hybridized carbons (Fsp3) is 0.250. The summed E-state index contributed by atoms with van der Waals surface area (Å²) in [5.74, 6) is -1.50. The molecule has 5 nitrogen and oxygen atoms in total. The Bertz CT molecular complexity index is 618. The maximum atomic E-state index is 12.0. The average molecular weight is 287 g/mol. The third kappa shape index (κ3) is 3.95. The third-order valence-electron chi connectivity index (χ3n) is 3.22. The standard InChI is InChI=1S/C16H17NO4/c1-2-13(8-11-6-4-3-5-7-11)17-15(18)14-9-12(10-21-14)16(19)20/h3-7,9-10,13H,2,8H2,1H3,(H,17,18)(H,19,20). The smallest absolute Gasteiger partial charge is 0.338 e. The van der Waals surface area contributed by atoms with Crippen LogP contribution in [0.25, 0.3) is 0 Å². The Kier molecular flexibility index (Phi) is 4.77. The van der Waals surface area contributed by atoms with Crippen molar-refractivity contribution in [3.63, 3.8) is 0 Å². The minimum absolute atomic E-state index is 0.0129. The summed E-state index contributed by atoms with van der Waals surface area (Å²) >= 11 is 0.